The van der Waals surface area contributed by atoms with Gasteiger partial charge in [-0.05, 0) is 5.92 Å². The van der Waals surface area contributed by atoms with E-state index in [1.165, 1.54) is 0 Å². The maximum absolute atomic E-state index is 14.1. The quantitative estimate of drug-likeness (QED) is 0.151. The number of carboxylic acid groups (broad SMARTS) is 1. The minimum absolute atomic E-state index is 0.257. The summed E-state index contributed by atoms with van der Waals surface area (Å²) in [5.41, 5.74) is 0. The highest BCUT2D eigenvalue weighted by atomic mass is 19.4. The summed E-state index contributed by atoms with van der Waals surface area (Å²) in [5.74, 6) is -60.4. The van der Waals surface area contributed by atoms with E-state index in [-0.39, 0.29) is 13.8 Å². The molecule has 0 saturated heterocycles. The maximum atomic E-state index is 14.1. The molecule has 1 unspecified atom stereocenters. The molecule has 0 fully saturated rings. The molecule has 0 amide bonds. The van der Waals surface area contributed by atoms with Crippen molar-refractivity contribution >= 4 is 11.9 Å². The molecule has 0 aromatic carbocycles. The highest BCUT2D eigenvalue weighted by molar-refractivity contribution is 5.90. The summed E-state index contributed by atoms with van der Waals surface area (Å²) in [7, 11) is 0. The van der Waals surface area contributed by atoms with Gasteiger partial charge in [0, 0.05) is 18.1 Å². The molecule has 0 bridgehead atoms. The number of hydrogen-bond donors (Lipinski definition) is 1. The molecule has 224 valence electrons. The van der Waals surface area contributed by atoms with Crippen LogP contribution in [-0.2, 0) is 14.3 Å². The third kappa shape index (κ3) is 6.04. The van der Waals surface area contributed by atoms with Gasteiger partial charge in [0.25, 0.3) is 0 Å². The van der Waals surface area contributed by atoms with Crippen molar-refractivity contribution in [2.75, 3.05) is 0 Å². The maximum Gasteiger partial charge on any atom is 0.473 e. The first kappa shape index (κ1) is 35.5. The molecule has 1 N–H and O–H groups in total. The van der Waals surface area contributed by atoms with Crippen LogP contribution in [0.1, 0.15) is 20.3 Å². The molecule has 0 aromatic rings. The fourth-order valence-electron chi connectivity index (χ4n) is 2.61. The lowest BCUT2D eigenvalue weighted by atomic mass is 9.79. The zero-order valence-corrected chi connectivity index (χ0v) is 18.1. The molecule has 1 atom stereocenters. The van der Waals surface area contributed by atoms with Gasteiger partial charge in [0.1, 0.15) is 0 Å². The van der Waals surface area contributed by atoms with Crippen LogP contribution in [0.5, 0.6) is 0 Å². The van der Waals surface area contributed by atoms with E-state index >= 15 is 0 Å². The first-order valence-corrected chi connectivity index (χ1v) is 9.20. The van der Waals surface area contributed by atoms with E-state index in [9.17, 15) is 84.2 Å². The highest BCUT2D eigenvalue weighted by Gasteiger charge is 2.94. The topological polar surface area (TPSA) is 63.6 Å². The predicted octanol–water partition coefficient (Wildman–Crippen LogP) is 6.80. The summed E-state index contributed by atoms with van der Waals surface area (Å²) >= 11 is 0. The van der Waals surface area contributed by atoms with Gasteiger partial charge in [0.2, 0.25) is 0 Å². The lowest BCUT2D eigenvalue weighted by molar-refractivity contribution is -0.463. The highest BCUT2D eigenvalue weighted by Crippen LogP contribution is 2.64. The largest absolute Gasteiger partial charge is 0.478 e. The second kappa shape index (κ2) is 10.2. The molecule has 0 aliphatic heterocycles. The molecule has 4 nitrogen and oxygen atoms in total. The van der Waals surface area contributed by atoms with Gasteiger partial charge in [-0.1, -0.05) is 13.8 Å². The lowest BCUT2D eigenvalue weighted by Gasteiger charge is -2.44. The van der Waals surface area contributed by atoms with Gasteiger partial charge in [-0.3, -0.25) is 0 Å². The van der Waals surface area contributed by atoms with Crippen LogP contribution >= 0.6 is 0 Å². The fourth-order valence-corrected chi connectivity index (χ4v) is 2.61. The normalized spacial score (nSPS) is 16.2. The van der Waals surface area contributed by atoms with Crippen molar-refractivity contribution in [1.82, 2.24) is 0 Å². The van der Waals surface area contributed by atoms with Crippen LogP contribution < -0.4 is 0 Å². The summed E-state index contributed by atoms with van der Waals surface area (Å²) in [6, 6.07) is 0. The van der Waals surface area contributed by atoms with Crippen LogP contribution in [0.15, 0.2) is 12.2 Å². The zero-order chi connectivity index (χ0) is 31.1. The predicted molar refractivity (Wildman–Crippen MR) is 86.5 cm³/mol. The molecular weight excluding hydrogens is 591 g/mol. The standard InChI is InChI=1S/C17H13F17O4/c1-6(2)7(5-10(18,19)20)11(21,22)12(23,24)13(25,26)14(27,28)15(29,30)16(31,32)17(33,34)38-9(37)4-3-8(35)36/h3-4,6-7H,5H2,1-2H3,(H,35,36)/b4-3+. The molecule has 0 aromatic heterocycles. The van der Waals surface area contributed by atoms with Gasteiger partial charge in [0.15, 0.2) is 0 Å². The average Bonchev–Trinajstić information content (AvgIpc) is 2.68. The third-order valence-corrected chi connectivity index (χ3v) is 4.67. The Morgan fingerprint density at radius 2 is 1.03 bits per heavy atom. The Bertz CT molecular complexity index is 905. The average molecular weight is 604 g/mol. The molecule has 0 spiro atoms. The molecule has 0 aliphatic carbocycles. The SMILES string of the molecule is CC(C)C(CC(F)(F)F)C(F)(F)C(F)(F)C(F)(F)C(F)(F)C(F)(F)C(F)(F)C(F)(F)OC(=O)/C=C/C(=O)O. The number of aliphatic carboxylic acids is 1. The minimum atomic E-state index is -8.61. The van der Waals surface area contributed by atoms with Crippen LogP contribution in [0.25, 0.3) is 0 Å². The van der Waals surface area contributed by atoms with Crippen molar-refractivity contribution in [3.8, 4) is 0 Å². The van der Waals surface area contributed by atoms with Gasteiger partial charge in [-0.2, -0.15) is 74.6 Å². The molecule has 21 heteroatoms. The number of esters is 1. The van der Waals surface area contributed by atoms with E-state index in [4.69, 9.17) is 5.11 Å². The summed E-state index contributed by atoms with van der Waals surface area (Å²) in [5, 5.41) is 8.10. The Labute approximate surface area is 199 Å². The second-order valence-corrected chi connectivity index (χ2v) is 7.77. The van der Waals surface area contributed by atoms with E-state index in [1.54, 1.807) is 0 Å². The monoisotopic (exact) mass is 604 g/mol. The summed E-state index contributed by atoms with van der Waals surface area (Å²) in [6.07, 6.45) is -17.5. The number of carbonyl (C=O) groups is 2. The van der Waals surface area contributed by atoms with Crippen LogP contribution in [0.3, 0.4) is 0 Å². The Morgan fingerprint density at radius 3 is 1.37 bits per heavy atom. The van der Waals surface area contributed by atoms with E-state index in [0.717, 1.165) is 0 Å². The number of halogens is 17. The third-order valence-electron chi connectivity index (χ3n) is 4.67. The number of carboxylic acids is 1. The number of alkyl halides is 17. The Kier molecular flexibility index (Phi) is 9.56. The molecule has 0 aliphatic rings. The van der Waals surface area contributed by atoms with Gasteiger partial charge >= 0.3 is 59.8 Å². The second-order valence-electron chi connectivity index (χ2n) is 7.77. The van der Waals surface area contributed by atoms with Gasteiger partial charge < -0.3 is 9.84 Å². The van der Waals surface area contributed by atoms with Crippen molar-refractivity contribution in [2.24, 2.45) is 11.8 Å². The van der Waals surface area contributed by atoms with Crippen molar-refractivity contribution in [3.63, 3.8) is 0 Å². The van der Waals surface area contributed by atoms with Crippen LogP contribution in [0.4, 0.5) is 74.6 Å². The molecule has 0 saturated carbocycles. The number of rotatable bonds is 12. The molecule has 0 rings (SSSR count). The summed E-state index contributed by atoms with van der Waals surface area (Å²) in [6.45, 7) is 0.514. The van der Waals surface area contributed by atoms with Crippen LogP contribution in [0, 0.1) is 11.8 Å². The van der Waals surface area contributed by atoms with E-state index < -0.39 is 90.2 Å². The van der Waals surface area contributed by atoms with E-state index in [1.807, 2.05) is 0 Å². The smallest absolute Gasteiger partial charge is 0.473 e. The van der Waals surface area contributed by atoms with Crippen LogP contribution in [0.2, 0.25) is 0 Å². The Morgan fingerprint density at radius 1 is 0.658 bits per heavy atom. The fraction of sp³-hybridized carbons (Fsp3) is 0.765. The van der Waals surface area contributed by atoms with Gasteiger partial charge in [0.05, 0.1) is 6.42 Å². The van der Waals surface area contributed by atoms with Crippen molar-refractivity contribution in [3.05, 3.63) is 12.2 Å². The lowest BCUT2D eigenvalue weighted by Crippen LogP contribution is -2.74. The van der Waals surface area contributed by atoms with E-state index in [2.05, 4.69) is 4.74 Å². The summed E-state index contributed by atoms with van der Waals surface area (Å²) in [4.78, 5) is 20.9. The van der Waals surface area contributed by atoms with Crippen molar-refractivity contribution < 1.29 is 94.1 Å². The first-order valence-electron chi connectivity index (χ1n) is 9.20. The molecule has 38 heavy (non-hydrogen) atoms. The molecular formula is C17H13F17O4. The Balaban J connectivity index is 6.77. The van der Waals surface area contributed by atoms with Crippen LogP contribution in [-0.4, -0.2) is 64.9 Å². The zero-order valence-electron chi connectivity index (χ0n) is 18.1. The Hall–Kier alpha value is -2.51. The number of hydrogen-bond acceptors (Lipinski definition) is 3. The van der Waals surface area contributed by atoms with Crippen molar-refractivity contribution in [1.29, 1.82) is 0 Å². The molecule has 0 radical (unpaired) electrons. The van der Waals surface area contributed by atoms with E-state index in [0.29, 0.717) is 0 Å². The summed E-state index contributed by atoms with van der Waals surface area (Å²) < 4.78 is 233. The van der Waals surface area contributed by atoms with Crippen molar-refractivity contribution in [2.45, 2.75) is 68.1 Å². The number of carbonyl (C=O) groups excluding carboxylic acids is 1. The molecule has 0 heterocycles. The van der Waals surface area contributed by atoms with Gasteiger partial charge in [-0.25, -0.2) is 9.59 Å². The minimum Gasteiger partial charge on any atom is -0.478 e. The number of ether oxygens (including phenoxy) is 1. The van der Waals surface area contributed by atoms with Gasteiger partial charge in [-0.15, -0.1) is 0 Å². The first-order chi connectivity index (χ1) is 16.3.